The molecule has 0 aromatic rings. The predicted octanol–water partition coefficient (Wildman–Crippen LogP) is 3.97. The van der Waals surface area contributed by atoms with Crippen LogP contribution in [0.25, 0.3) is 0 Å². The van der Waals surface area contributed by atoms with Crippen LogP contribution in [0, 0.1) is 0 Å². The molecule has 1 aliphatic heterocycles. The summed E-state index contributed by atoms with van der Waals surface area (Å²) in [5.74, 6) is 0. The zero-order valence-electron chi connectivity index (χ0n) is 8.96. The first-order valence-electron chi connectivity index (χ1n) is 4.75. The molecule has 0 amide bonds. The van der Waals surface area contributed by atoms with Crippen LogP contribution in [0.3, 0.4) is 0 Å². The lowest BCUT2D eigenvalue weighted by Crippen LogP contribution is -1.64. The number of aliphatic imine (C=N–C) groups is 1. The van der Waals surface area contributed by atoms with Gasteiger partial charge in [-0.2, -0.15) is 0 Å². The molecule has 1 heterocycles. The summed E-state index contributed by atoms with van der Waals surface area (Å²) in [7, 11) is 0. The number of hydrogen-bond acceptors (Lipinski definition) is 1. The average molecular weight is 167 g/mol. The Morgan fingerprint density at radius 3 is 2.33 bits per heavy atom. The molecule has 12 heavy (non-hydrogen) atoms. The van der Waals surface area contributed by atoms with Crippen LogP contribution >= 0.6 is 0 Å². The number of allylic oxidation sites excluding steroid dienone is 4. The maximum atomic E-state index is 4.07. The lowest BCUT2D eigenvalue weighted by atomic mass is 10.3. The van der Waals surface area contributed by atoms with E-state index < -0.39 is 0 Å². The molecule has 0 atom stereocenters. The third-order valence-corrected chi connectivity index (χ3v) is 1.05. The molecule has 0 aromatic carbocycles. The molecule has 0 radical (unpaired) electrons. The number of hydrogen-bond donors (Lipinski definition) is 0. The monoisotopic (exact) mass is 167 g/mol. The van der Waals surface area contributed by atoms with Crippen molar-refractivity contribution in [1.82, 2.24) is 0 Å². The minimum Gasteiger partial charge on any atom is -0.262 e. The van der Waals surface area contributed by atoms with E-state index >= 15 is 0 Å². The van der Waals surface area contributed by atoms with Crippen molar-refractivity contribution in [3.8, 4) is 0 Å². The fourth-order valence-electron chi connectivity index (χ4n) is 0.591. The smallest absolute Gasteiger partial charge is 0.0335 e. The van der Waals surface area contributed by atoms with E-state index in [0.29, 0.717) is 0 Å². The fraction of sp³-hybridized carbons (Fsp3) is 0.545. The molecule has 0 fully saturated rings. The van der Waals surface area contributed by atoms with Gasteiger partial charge in [0.05, 0.1) is 0 Å². The molecule has 0 N–H and O–H groups in total. The van der Waals surface area contributed by atoms with Crippen LogP contribution in [0.2, 0.25) is 0 Å². The Morgan fingerprint density at radius 2 is 1.75 bits per heavy atom. The van der Waals surface area contributed by atoms with E-state index in [1.165, 1.54) is 0 Å². The van der Waals surface area contributed by atoms with E-state index in [4.69, 9.17) is 0 Å². The van der Waals surface area contributed by atoms with Crippen molar-refractivity contribution in [2.75, 3.05) is 0 Å². The highest BCUT2D eigenvalue weighted by Crippen LogP contribution is 1.99. The van der Waals surface area contributed by atoms with Gasteiger partial charge in [-0.3, -0.25) is 4.99 Å². The van der Waals surface area contributed by atoms with E-state index in [1.807, 2.05) is 46.9 Å². The summed E-state index contributed by atoms with van der Waals surface area (Å²) in [6.45, 7) is 10.0. The Hall–Kier alpha value is -0.850. The van der Waals surface area contributed by atoms with E-state index in [9.17, 15) is 0 Å². The first-order chi connectivity index (χ1) is 5.89. The van der Waals surface area contributed by atoms with Crippen LogP contribution < -0.4 is 0 Å². The quantitative estimate of drug-likeness (QED) is 0.517. The molecular weight excluding hydrogens is 146 g/mol. The van der Waals surface area contributed by atoms with Gasteiger partial charge in [-0.15, -0.1) is 0 Å². The van der Waals surface area contributed by atoms with Crippen molar-refractivity contribution in [2.24, 2.45) is 4.99 Å². The highest BCUT2D eigenvalue weighted by molar-refractivity contribution is 5.72. The molecule has 0 unspecified atom stereocenters. The Bertz CT molecular complexity index is 150. The van der Waals surface area contributed by atoms with Crippen LogP contribution in [0.1, 0.15) is 41.0 Å². The zero-order chi connectivity index (χ0) is 9.82. The summed E-state index contributed by atoms with van der Waals surface area (Å²) in [5, 5.41) is 0. The van der Waals surface area contributed by atoms with Gasteiger partial charge >= 0.3 is 0 Å². The van der Waals surface area contributed by atoms with Crippen molar-refractivity contribution >= 4 is 6.21 Å². The second-order valence-corrected chi connectivity index (χ2v) is 1.79. The molecule has 70 valence electrons. The summed E-state index contributed by atoms with van der Waals surface area (Å²) in [5.41, 5.74) is 1.11. The zero-order valence-corrected chi connectivity index (χ0v) is 8.96. The summed E-state index contributed by atoms with van der Waals surface area (Å²) in [4.78, 5) is 4.07. The predicted molar refractivity (Wildman–Crippen MR) is 58.7 cm³/mol. The van der Waals surface area contributed by atoms with Crippen LogP contribution in [0.15, 0.2) is 28.9 Å². The topological polar surface area (TPSA) is 12.4 Å². The maximum Gasteiger partial charge on any atom is 0.0335 e. The lowest BCUT2D eigenvalue weighted by Gasteiger charge is -1.82. The molecule has 0 spiro atoms. The number of rotatable bonds is 0. The molecular formula is C11H21N. The van der Waals surface area contributed by atoms with Gasteiger partial charge in [0.15, 0.2) is 0 Å². The maximum absolute atomic E-state index is 4.07. The molecule has 0 aromatic heterocycles. The van der Waals surface area contributed by atoms with Crippen molar-refractivity contribution < 1.29 is 0 Å². The van der Waals surface area contributed by atoms with Crippen molar-refractivity contribution in [3.63, 3.8) is 0 Å². The van der Waals surface area contributed by atoms with Gasteiger partial charge in [-0.1, -0.05) is 39.8 Å². The van der Waals surface area contributed by atoms with Gasteiger partial charge in [0.2, 0.25) is 0 Å². The largest absolute Gasteiger partial charge is 0.262 e. The van der Waals surface area contributed by atoms with Gasteiger partial charge < -0.3 is 0 Å². The van der Waals surface area contributed by atoms with Crippen LogP contribution in [-0.2, 0) is 0 Å². The SMILES string of the molecule is CC.CC.CC1=CCC=CC=N1. The number of nitrogens with zero attached hydrogens (tertiary/aromatic N) is 1. The normalized spacial score (nSPS) is 12.9. The molecule has 1 heteroatoms. The highest BCUT2D eigenvalue weighted by atomic mass is 14.7. The molecule has 0 saturated carbocycles. The van der Waals surface area contributed by atoms with E-state index in [1.54, 1.807) is 0 Å². The minimum atomic E-state index is 1.02. The summed E-state index contributed by atoms with van der Waals surface area (Å²) in [6.07, 6.45) is 8.98. The molecule has 1 aliphatic rings. The Labute approximate surface area is 76.9 Å². The molecule has 1 nitrogen and oxygen atoms in total. The van der Waals surface area contributed by atoms with Crippen LogP contribution in [0.4, 0.5) is 0 Å². The summed E-state index contributed by atoms with van der Waals surface area (Å²) >= 11 is 0. The second kappa shape index (κ2) is 12.8. The van der Waals surface area contributed by atoms with Crippen molar-refractivity contribution in [2.45, 2.75) is 41.0 Å². The average Bonchev–Trinajstić information content (AvgIpc) is 2.40. The van der Waals surface area contributed by atoms with Crippen molar-refractivity contribution in [1.29, 1.82) is 0 Å². The Morgan fingerprint density at radius 1 is 1.17 bits per heavy atom. The minimum absolute atomic E-state index is 1.02. The van der Waals surface area contributed by atoms with Gasteiger partial charge in [-0.25, -0.2) is 0 Å². The van der Waals surface area contributed by atoms with E-state index in [-0.39, 0.29) is 0 Å². The van der Waals surface area contributed by atoms with E-state index in [0.717, 1.165) is 12.1 Å². The third kappa shape index (κ3) is 9.15. The summed E-state index contributed by atoms with van der Waals surface area (Å²) in [6, 6.07) is 0. The van der Waals surface area contributed by atoms with Crippen molar-refractivity contribution in [3.05, 3.63) is 23.9 Å². The Kier molecular flexibility index (Phi) is 14.6. The Balaban J connectivity index is 0. The van der Waals surface area contributed by atoms with E-state index in [2.05, 4.69) is 17.1 Å². The molecule has 1 rings (SSSR count). The highest BCUT2D eigenvalue weighted by Gasteiger charge is 1.82. The first-order valence-corrected chi connectivity index (χ1v) is 4.75. The van der Waals surface area contributed by atoms with Gasteiger partial charge in [0, 0.05) is 11.9 Å². The van der Waals surface area contributed by atoms with Crippen LogP contribution in [-0.4, -0.2) is 6.21 Å². The summed E-state index contributed by atoms with van der Waals surface area (Å²) < 4.78 is 0. The fourth-order valence-corrected chi connectivity index (χ4v) is 0.591. The van der Waals surface area contributed by atoms with Gasteiger partial charge in [0.1, 0.15) is 0 Å². The van der Waals surface area contributed by atoms with Gasteiger partial charge in [-0.05, 0) is 19.4 Å². The molecule has 0 saturated heterocycles. The molecule has 0 bridgehead atoms. The lowest BCUT2D eigenvalue weighted by molar-refractivity contribution is 1.26. The molecule has 0 aliphatic carbocycles. The van der Waals surface area contributed by atoms with Gasteiger partial charge in [0.25, 0.3) is 0 Å². The first kappa shape index (κ1) is 13.7. The standard InChI is InChI=1S/C7H9N.2C2H6/c1-7-5-3-2-4-6-8-7;2*1-2/h2,4-6H,3H2,1H3;2*1-2H3. The third-order valence-electron chi connectivity index (χ3n) is 1.05. The second-order valence-electron chi connectivity index (χ2n) is 1.79. The van der Waals surface area contributed by atoms with Crippen LogP contribution in [0.5, 0.6) is 0 Å².